The van der Waals surface area contributed by atoms with E-state index >= 15 is 0 Å². The average Bonchev–Trinajstić information content (AvgIpc) is 2.54. The molecule has 0 aliphatic carbocycles. The molecular formula is C19H16O3. The second-order valence-electron chi connectivity index (χ2n) is 5.35. The van der Waals surface area contributed by atoms with E-state index in [1.807, 2.05) is 61.5 Å². The molecule has 22 heavy (non-hydrogen) atoms. The van der Waals surface area contributed by atoms with E-state index in [1.165, 1.54) is 6.07 Å². The number of benzene rings is 3. The van der Waals surface area contributed by atoms with E-state index in [9.17, 15) is 15.0 Å². The van der Waals surface area contributed by atoms with Gasteiger partial charge in [-0.15, -0.1) is 0 Å². The number of hydrogen-bond acceptors (Lipinski definition) is 2. The van der Waals surface area contributed by atoms with Gasteiger partial charge in [-0.2, -0.15) is 0 Å². The van der Waals surface area contributed by atoms with Crippen LogP contribution in [0.15, 0.2) is 60.7 Å². The number of rotatable bonds is 3. The zero-order chi connectivity index (χ0) is 15.7. The minimum Gasteiger partial charge on any atom is -0.507 e. The van der Waals surface area contributed by atoms with Crippen molar-refractivity contribution >= 4 is 16.7 Å². The molecule has 0 aromatic heterocycles. The van der Waals surface area contributed by atoms with Crippen LogP contribution in [0.3, 0.4) is 0 Å². The summed E-state index contributed by atoms with van der Waals surface area (Å²) in [6.45, 7) is 1.97. The number of aromatic hydroxyl groups is 1. The summed E-state index contributed by atoms with van der Waals surface area (Å²) in [6, 6.07) is 18.8. The van der Waals surface area contributed by atoms with Crippen LogP contribution in [0.4, 0.5) is 0 Å². The van der Waals surface area contributed by atoms with Gasteiger partial charge in [0.25, 0.3) is 0 Å². The maximum absolute atomic E-state index is 11.4. The van der Waals surface area contributed by atoms with Gasteiger partial charge in [0.15, 0.2) is 0 Å². The molecule has 3 nitrogen and oxygen atoms in total. The molecule has 0 heterocycles. The maximum atomic E-state index is 11.4. The maximum Gasteiger partial charge on any atom is 0.339 e. The van der Waals surface area contributed by atoms with Gasteiger partial charge >= 0.3 is 5.97 Å². The van der Waals surface area contributed by atoms with Crippen molar-refractivity contribution in [3.8, 4) is 5.75 Å². The summed E-state index contributed by atoms with van der Waals surface area (Å²) in [7, 11) is 0. The van der Waals surface area contributed by atoms with Crippen LogP contribution in [-0.4, -0.2) is 16.2 Å². The second kappa shape index (κ2) is 5.53. The van der Waals surface area contributed by atoms with Crippen molar-refractivity contribution in [1.29, 1.82) is 0 Å². The summed E-state index contributed by atoms with van der Waals surface area (Å²) in [5.41, 5.74) is 1.63. The van der Waals surface area contributed by atoms with Crippen molar-refractivity contribution in [2.45, 2.75) is 12.8 Å². The van der Waals surface area contributed by atoms with Crippen LogP contribution >= 0.6 is 0 Å². The molecule has 2 N–H and O–H groups in total. The third kappa shape index (κ3) is 2.31. The first-order chi connectivity index (χ1) is 10.6. The SMILES string of the molecule is CC(c1ccccc1)c1c(O)c(C(=O)O)cc2ccccc12. The lowest BCUT2D eigenvalue weighted by molar-refractivity contribution is 0.0693. The molecule has 0 aliphatic rings. The highest BCUT2D eigenvalue weighted by Crippen LogP contribution is 2.39. The lowest BCUT2D eigenvalue weighted by atomic mass is 9.87. The van der Waals surface area contributed by atoms with Crippen LogP contribution in [0, 0.1) is 0 Å². The Hall–Kier alpha value is -2.81. The van der Waals surface area contributed by atoms with Crippen LogP contribution < -0.4 is 0 Å². The lowest BCUT2D eigenvalue weighted by Crippen LogP contribution is -2.04. The summed E-state index contributed by atoms with van der Waals surface area (Å²) in [6.07, 6.45) is 0. The van der Waals surface area contributed by atoms with Gasteiger partial charge in [-0.1, -0.05) is 61.5 Å². The summed E-state index contributed by atoms with van der Waals surface area (Å²) in [5.74, 6) is -1.38. The van der Waals surface area contributed by atoms with Gasteiger partial charge in [-0.25, -0.2) is 4.79 Å². The molecule has 0 saturated carbocycles. The fourth-order valence-corrected chi connectivity index (χ4v) is 2.87. The van der Waals surface area contributed by atoms with Crippen molar-refractivity contribution in [1.82, 2.24) is 0 Å². The quantitative estimate of drug-likeness (QED) is 0.752. The number of carboxylic acid groups (broad SMARTS) is 1. The zero-order valence-electron chi connectivity index (χ0n) is 12.2. The van der Waals surface area contributed by atoms with Crippen LogP contribution in [0.5, 0.6) is 5.75 Å². The van der Waals surface area contributed by atoms with Crippen molar-refractivity contribution in [3.05, 3.63) is 77.4 Å². The second-order valence-corrected chi connectivity index (χ2v) is 5.35. The molecule has 0 spiro atoms. The van der Waals surface area contributed by atoms with Crippen molar-refractivity contribution in [2.24, 2.45) is 0 Å². The van der Waals surface area contributed by atoms with Crippen LogP contribution in [0.1, 0.15) is 34.3 Å². The Labute approximate surface area is 128 Å². The minimum absolute atomic E-state index is 0.0588. The first-order valence-corrected chi connectivity index (χ1v) is 7.12. The Bertz CT molecular complexity index is 838. The smallest absolute Gasteiger partial charge is 0.339 e. The lowest BCUT2D eigenvalue weighted by Gasteiger charge is -2.18. The first-order valence-electron chi connectivity index (χ1n) is 7.12. The highest BCUT2D eigenvalue weighted by atomic mass is 16.4. The van der Waals surface area contributed by atoms with E-state index < -0.39 is 5.97 Å². The Morgan fingerprint density at radius 1 is 1.00 bits per heavy atom. The third-order valence-electron chi connectivity index (χ3n) is 4.02. The Balaban J connectivity index is 2.31. The van der Waals surface area contributed by atoms with Gasteiger partial charge in [-0.3, -0.25) is 0 Å². The largest absolute Gasteiger partial charge is 0.507 e. The molecule has 1 unspecified atom stereocenters. The predicted molar refractivity (Wildman–Crippen MR) is 86.5 cm³/mol. The highest BCUT2D eigenvalue weighted by Gasteiger charge is 2.22. The zero-order valence-corrected chi connectivity index (χ0v) is 12.2. The van der Waals surface area contributed by atoms with Gasteiger partial charge in [0.05, 0.1) is 0 Å². The predicted octanol–water partition coefficient (Wildman–Crippen LogP) is 4.40. The van der Waals surface area contributed by atoms with Gasteiger partial charge < -0.3 is 10.2 Å². The van der Waals surface area contributed by atoms with E-state index in [-0.39, 0.29) is 17.2 Å². The normalized spacial score (nSPS) is 12.2. The number of phenols is 1. The number of fused-ring (bicyclic) bond motifs is 1. The van der Waals surface area contributed by atoms with E-state index in [0.717, 1.165) is 16.3 Å². The first kappa shape index (κ1) is 14.1. The number of hydrogen-bond donors (Lipinski definition) is 2. The van der Waals surface area contributed by atoms with Gasteiger partial charge in [-0.05, 0) is 22.4 Å². The number of carbonyl (C=O) groups is 1. The van der Waals surface area contributed by atoms with Gasteiger partial charge in [0.1, 0.15) is 11.3 Å². The van der Waals surface area contributed by atoms with Crippen molar-refractivity contribution in [2.75, 3.05) is 0 Å². The molecule has 3 aromatic rings. The van der Waals surface area contributed by atoms with Crippen LogP contribution in [0.25, 0.3) is 10.8 Å². The molecule has 0 saturated heterocycles. The topological polar surface area (TPSA) is 57.5 Å². The Morgan fingerprint density at radius 3 is 2.32 bits per heavy atom. The van der Waals surface area contributed by atoms with E-state index in [1.54, 1.807) is 0 Å². The molecule has 1 atom stereocenters. The fourth-order valence-electron chi connectivity index (χ4n) is 2.87. The molecule has 110 valence electrons. The fraction of sp³-hybridized carbons (Fsp3) is 0.105. The van der Waals surface area contributed by atoms with Crippen molar-refractivity contribution in [3.63, 3.8) is 0 Å². The summed E-state index contributed by atoms with van der Waals surface area (Å²) >= 11 is 0. The van der Waals surface area contributed by atoms with E-state index in [0.29, 0.717) is 5.56 Å². The van der Waals surface area contributed by atoms with Crippen LogP contribution in [0.2, 0.25) is 0 Å². The molecule has 3 heteroatoms. The Morgan fingerprint density at radius 2 is 1.64 bits per heavy atom. The van der Waals surface area contributed by atoms with Gasteiger partial charge in [0, 0.05) is 11.5 Å². The number of aromatic carboxylic acids is 1. The minimum atomic E-state index is -1.12. The molecule has 0 fully saturated rings. The van der Waals surface area contributed by atoms with Crippen LogP contribution in [-0.2, 0) is 0 Å². The molecule has 3 aromatic carbocycles. The monoisotopic (exact) mass is 292 g/mol. The third-order valence-corrected chi connectivity index (χ3v) is 4.02. The summed E-state index contributed by atoms with van der Waals surface area (Å²) in [4.78, 5) is 11.4. The van der Waals surface area contributed by atoms with Crippen molar-refractivity contribution < 1.29 is 15.0 Å². The number of carboxylic acids is 1. The molecular weight excluding hydrogens is 276 g/mol. The molecule has 0 aliphatic heterocycles. The molecule has 0 bridgehead atoms. The molecule has 3 rings (SSSR count). The van der Waals surface area contributed by atoms with Gasteiger partial charge in [0.2, 0.25) is 0 Å². The van der Waals surface area contributed by atoms with E-state index in [2.05, 4.69) is 0 Å². The summed E-state index contributed by atoms with van der Waals surface area (Å²) in [5, 5.41) is 21.5. The van der Waals surface area contributed by atoms with E-state index in [4.69, 9.17) is 0 Å². The molecule has 0 radical (unpaired) electrons. The Kier molecular flexibility index (Phi) is 3.55. The highest BCUT2D eigenvalue weighted by molar-refractivity contribution is 6.00. The molecule has 0 amide bonds. The summed E-state index contributed by atoms with van der Waals surface area (Å²) < 4.78 is 0. The average molecular weight is 292 g/mol. The standard InChI is InChI=1S/C19H16O3/c1-12(13-7-3-2-4-8-13)17-15-10-6-5-9-14(15)11-16(18(17)20)19(21)22/h2-12,20H,1H3,(H,21,22).